The van der Waals surface area contributed by atoms with E-state index in [0.29, 0.717) is 6.61 Å². The van der Waals surface area contributed by atoms with Crippen molar-refractivity contribution < 1.29 is 9.84 Å². The SMILES string of the molecule is OC1CCc2c(OCc3ccncc3)cccc21. The lowest BCUT2D eigenvalue weighted by molar-refractivity contribution is 0.180. The van der Waals surface area contributed by atoms with Gasteiger partial charge in [0.1, 0.15) is 12.4 Å². The quantitative estimate of drug-likeness (QED) is 0.898. The molecule has 92 valence electrons. The Labute approximate surface area is 106 Å². The van der Waals surface area contributed by atoms with Crippen molar-refractivity contribution in [2.45, 2.75) is 25.6 Å². The Hall–Kier alpha value is -1.87. The molecule has 1 atom stereocenters. The second kappa shape index (κ2) is 4.78. The van der Waals surface area contributed by atoms with Crippen molar-refractivity contribution in [3.63, 3.8) is 0 Å². The molecule has 1 unspecified atom stereocenters. The van der Waals surface area contributed by atoms with Crippen molar-refractivity contribution in [3.05, 3.63) is 59.4 Å². The summed E-state index contributed by atoms with van der Waals surface area (Å²) in [5, 5.41) is 9.83. The molecular formula is C15H15NO2. The Kier molecular flexibility index (Phi) is 2.99. The van der Waals surface area contributed by atoms with Gasteiger partial charge in [-0.05, 0) is 42.2 Å². The van der Waals surface area contributed by atoms with E-state index in [9.17, 15) is 5.11 Å². The van der Waals surface area contributed by atoms with Crippen LogP contribution < -0.4 is 4.74 Å². The van der Waals surface area contributed by atoms with Crippen LogP contribution in [-0.4, -0.2) is 10.1 Å². The number of aliphatic hydroxyl groups is 1. The van der Waals surface area contributed by atoms with Crippen molar-refractivity contribution in [1.29, 1.82) is 0 Å². The van der Waals surface area contributed by atoms with Crippen molar-refractivity contribution >= 4 is 0 Å². The van der Waals surface area contributed by atoms with E-state index < -0.39 is 0 Å². The zero-order chi connectivity index (χ0) is 12.4. The van der Waals surface area contributed by atoms with Gasteiger partial charge in [0.2, 0.25) is 0 Å². The van der Waals surface area contributed by atoms with Gasteiger partial charge in [-0.25, -0.2) is 0 Å². The van der Waals surface area contributed by atoms with E-state index in [4.69, 9.17) is 4.74 Å². The van der Waals surface area contributed by atoms with Gasteiger partial charge in [0.15, 0.2) is 0 Å². The monoisotopic (exact) mass is 241 g/mol. The van der Waals surface area contributed by atoms with Crippen LogP contribution in [0.15, 0.2) is 42.7 Å². The molecule has 0 aliphatic heterocycles. The van der Waals surface area contributed by atoms with Crippen LogP contribution in [0, 0.1) is 0 Å². The molecule has 3 heteroatoms. The first kappa shape index (κ1) is 11.2. The van der Waals surface area contributed by atoms with E-state index in [2.05, 4.69) is 4.98 Å². The van der Waals surface area contributed by atoms with Crippen LogP contribution in [0.2, 0.25) is 0 Å². The zero-order valence-corrected chi connectivity index (χ0v) is 10.0. The van der Waals surface area contributed by atoms with Gasteiger partial charge in [0.05, 0.1) is 6.10 Å². The number of fused-ring (bicyclic) bond motifs is 1. The number of pyridine rings is 1. The molecule has 0 amide bonds. The highest BCUT2D eigenvalue weighted by molar-refractivity contribution is 5.44. The highest BCUT2D eigenvalue weighted by atomic mass is 16.5. The largest absolute Gasteiger partial charge is 0.489 e. The molecule has 3 rings (SSSR count). The number of aromatic nitrogens is 1. The number of nitrogens with zero attached hydrogens (tertiary/aromatic N) is 1. The minimum absolute atomic E-state index is 0.329. The van der Waals surface area contributed by atoms with Gasteiger partial charge in [-0.2, -0.15) is 0 Å². The summed E-state index contributed by atoms with van der Waals surface area (Å²) in [6.07, 6.45) is 4.88. The number of hydrogen-bond acceptors (Lipinski definition) is 3. The summed E-state index contributed by atoms with van der Waals surface area (Å²) in [6, 6.07) is 9.77. The first-order valence-corrected chi connectivity index (χ1v) is 6.16. The predicted molar refractivity (Wildman–Crippen MR) is 68.3 cm³/mol. The minimum atomic E-state index is -0.329. The summed E-state index contributed by atoms with van der Waals surface area (Å²) in [4.78, 5) is 3.98. The molecule has 2 aromatic rings. The van der Waals surface area contributed by atoms with Crippen LogP contribution in [0.1, 0.15) is 29.2 Å². The summed E-state index contributed by atoms with van der Waals surface area (Å²) in [5.41, 5.74) is 3.27. The maximum atomic E-state index is 9.83. The molecule has 0 saturated carbocycles. The Morgan fingerprint density at radius 3 is 2.89 bits per heavy atom. The van der Waals surface area contributed by atoms with E-state index in [0.717, 1.165) is 35.3 Å². The third-order valence-electron chi connectivity index (χ3n) is 3.34. The number of hydrogen-bond donors (Lipinski definition) is 1. The summed E-state index contributed by atoms with van der Waals surface area (Å²) >= 11 is 0. The van der Waals surface area contributed by atoms with E-state index >= 15 is 0 Å². The zero-order valence-electron chi connectivity index (χ0n) is 10.0. The van der Waals surface area contributed by atoms with Gasteiger partial charge in [-0.1, -0.05) is 12.1 Å². The average Bonchev–Trinajstić information content (AvgIpc) is 2.80. The van der Waals surface area contributed by atoms with E-state index in [1.54, 1.807) is 12.4 Å². The molecule has 18 heavy (non-hydrogen) atoms. The van der Waals surface area contributed by atoms with Crippen LogP contribution in [0.5, 0.6) is 5.75 Å². The van der Waals surface area contributed by atoms with Crippen molar-refractivity contribution in [2.75, 3.05) is 0 Å². The molecule has 1 aromatic carbocycles. The van der Waals surface area contributed by atoms with Gasteiger partial charge >= 0.3 is 0 Å². The van der Waals surface area contributed by atoms with E-state index in [1.165, 1.54) is 0 Å². The first-order valence-electron chi connectivity index (χ1n) is 6.16. The maximum absolute atomic E-state index is 9.83. The van der Waals surface area contributed by atoms with Crippen LogP contribution in [-0.2, 0) is 13.0 Å². The highest BCUT2D eigenvalue weighted by Gasteiger charge is 2.23. The molecule has 3 nitrogen and oxygen atoms in total. The molecule has 1 aliphatic carbocycles. The fourth-order valence-electron chi connectivity index (χ4n) is 2.37. The molecule has 0 spiro atoms. The molecule has 0 fully saturated rings. The lowest BCUT2D eigenvalue weighted by Crippen LogP contribution is -1.99. The Morgan fingerprint density at radius 1 is 1.22 bits per heavy atom. The molecular weight excluding hydrogens is 226 g/mol. The second-order valence-corrected chi connectivity index (χ2v) is 4.52. The van der Waals surface area contributed by atoms with Crippen LogP contribution in [0.25, 0.3) is 0 Å². The van der Waals surface area contributed by atoms with Crippen molar-refractivity contribution in [1.82, 2.24) is 4.98 Å². The minimum Gasteiger partial charge on any atom is -0.489 e. The molecule has 1 heterocycles. The van der Waals surface area contributed by atoms with E-state index in [-0.39, 0.29) is 6.10 Å². The molecule has 1 aromatic heterocycles. The highest BCUT2D eigenvalue weighted by Crippen LogP contribution is 2.36. The topological polar surface area (TPSA) is 42.4 Å². The smallest absolute Gasteiger partial charge is 0.123 e. The van der Waals surface area contributed by atoms with Crippen LogP contribution in [0.3, 0.4) is 0 Å². The van der Waals surface area contributed by atoms with Gasteiger partial charge < -0.3 is 9.84 Å². The van der Waals surface area contributed by atoms with Crippen LogP contribution >= 0.6 is 0 Å². The molecule has 1 aliphatic rings. The number of rotatable bonds is 3. The Bertz CT molecular complexity index is 539. The van der Waals surface area contributed by atoms with Crippen molar-refractivity contribution in [3.8, 4) is 5.75 Å². The maximum Gasteiger partial charge on any atom is 0.123 e. The van der Waals surface area contributed by atoms with Gasteiger partial charge in [0.25, 0.3) is 0 Å². The fraction of sp³-hybridized carbons (Fsp3) is 0.267. The second-order valence-electron chi connectivity index (χ2n) is 4.52. The van der Waals surface area contributed by atoms with Gasteiger partial charge in [-0.15, -0.1) is 0 Å². The van der Waals surface area contributed by atoms with Crippen LogP contribution in [0.4, 0.5) is 0 Å². The van der Waals surface area contributed by atoms with E-state index in [1.807, 2.05) is 30.3 Å². The summed E-state index contributed by atoms with van der Waals surface area (Å²) < 4.78 is 5.84. The summed E-state index contributed by atoms with van der Waals surface area (Å²) in [7, 11) is 0. The fourth-order valence-corrected chi connectivity index (χ4v) is 2.37. The molecule has 1 N–H and O–H groups in total. The Balaban J connectivity index is 1.78. The summed E-state index contributed by atoms with van der Waals surface area (Å²) in [5.74, 6) is 0.890. The summed E-state index contributed by atoms with van der Waals surface area (Å²) in [6.45, 7) is 0.537. The Morgan fingerprint density at radius 2 is 2.06 bits per heavy atom. The number of ether oxygens (including phenoxy) is 1. The lowest BCUT2D eigenvalue weighted by Gasteiger charge is -2.11. The third-order valence-corrected chi connectivity index (χ3v) is 3.34. The predicted octanol–water partition coefficient (Wildman–Crippen LogP) is 2.64. The van der Waals surface area contributed by atoms with Gasteiger partial charge in [0, 0.05) is 18.0 Å². The molecule has 0 bridgehead atoms. The normalized spacial score (nSPS) is 17.5. The van der Waals surface area contributed by atoms with Gasteiger partial charge in [-0.3, -0.25) is 4.98 Å². The van der Waals surface area contributed by atoms with Crippen molar-refractivity contribution in [2.24, 2.45) is 0 Å². The standard InChI is InChI=1S/C15H15NO2/c17-14-5-4-13-12(14)2-1-3-15(13)18-10-11-6-8-16-9-7-11/h1-3,6-9,14,17H,4-5,10H2. The third kappa shape index (κ3) is 2.09. The average molecular weight is 241 g/mol. The number of aliphatic hydroxyl groups excluding tert-OH is 1. The first-order chi connectivity index (χ1) is 8.84. The molecule has 0 radical (unpaired) electrons. The molecule has 0 saturated heterocycles. The number of benzene rings is 1. The lowest BCUT2D eigenvalue weighted by atomic mass is 10.1.